The van der Waals surface area contributed by atoms with Gasteiger partial charge in [-0.25, -0.2) is 0 Å². The van der Waals surface area contributed by atoms with Crippen molar-refractivity contribution in [1.82, 2.24) is 5.32 Å². The van der Waals surface area contributed by atoms with E-state index in [-0.39, 0.29) is 0 Å². The van der Waals surface area contributed by atoms with E-state index in [1.54, 1.807) is 11.3 Å². The average Bonchev–Trinajstić information content (AvgIpc) is 2.79. The lowest BCUT2D eigenvalue weighted by molar-refractivity contribution is 0.430. The maximum atomic E-state index is 6.21. The molecule has 1 aromatic heterocycles. The van der Waals surface area contributed by atoms with Gasteiger partial charge in [0.05, 0.1) is 8.81 Å². The summed E-state index contributed by atoms with van der Waals surface area (Å²) in [5.41, 5.74) is 3.00. The van der Waals surface area contributed by atoms with E-state index in [1.165, 1.54) is 35.3 Å². The number of thiophene rings is 1. The molecule has 0 saturated carbocycles. The van der Waals surface area contributed by atoms with Crippen molar-refractivity contribution in [3.05, 3.63) is 55.1 Å². The third kappa shape index (κ3) is 2.69. The molecule has 2 unspecified atom stereocenters. The van der Waals surface area contributed by atoms with Gasteiger partial charge in [0, 0.05) is 16.8 Å². The summed E-state index contributed by atoms with van der Waals surface area (Å²) >= 11 is 11.5. The van der Waals surface area contributed by atoms with Gasteiger partial charge in [0.2, 0.25) is 0 Å². The van der Waals surface area contributed by atoms with Gasteiger partial charge < -0.3 is 5.32 Å². The summed E-state index contributed by atoms with van der Waals surface area (Å²) in [5, 5.41) is 4.31. The normalized spacial score (nSPS) is 19.6. The topological polar surface area (TPSA) is 12.0 Å². The van der Waals surface area contributed by atoms with Crippen molar-refractivity contribution in [2.45, 2.75) is 31.2 Å². The van der Waals surface area contributed by atoms with E-state index in [0.29, 0.717) is 12.0 Å². The molecule has 0 amide bonds. The number of benzene rings is 1. The van der Waals surface area contributed by atoms with Crippen molar-refractivity contribution >= 4 is 38.9 Å². The smallest absolute Gasteiger partial charge is 0.0888 e. The second-order valence-corrected chi connectivity index (χ2v) is 8.04. The predicted molar refractivity (Wildman–Crippen MR) is 91.0 cm³/mol. The summed E-state index contributed by atoms with van der Waals surface area (Å²) < 4.78 is 1.03. The van der Waals surface area contributed by atoms with E-state index >= 15 is 0 Å². The van der Waals surface area contributed by atoms with Crippen molar-refractivity contribution in [3.8, 4) is 0 Å². The molecule has 1 nitrogen and oxygen atoms in total. The second kappa shape index (κ2) is 6.18. The van der Waals surface area contributed by atoms with E-state index in [0.717, 1.165) is 8.81 Å². The van der Waals surface area contributed by atoms with Crippen LogP contribution in [-0.4, -0.2) is 7.05 Å². The van der Waals surface area contributed by atoms with E-state index in [9.17, 15) is 0 Å². The molecule has 1 aliphatic rings. The summed E-state index contributed by atoms with van der Waals surface area (Å²) in [4.78, 5) is 1.31. The Morgan fingerprint density at radius 2 is 2.20 bits per heavy atom. The molecule has 1 aliphatic carbocycles. The fourth-order valence-corrected chi connectivity index (χ4v) is 5.12. The third-order valence-corrected chi connectivity index (χ3v) is 6.66. The predicted octanol–water partition coefficient (Wildman–Crippen LogP) is 5.54. The Kier molecular flexibility index (Phi) is 4.51. The summed E-state index contributed by atoms with van der Waals surface area (Å²) in [7, 11) is 2.05. The molecule has 3 rings (SSSR count). The minimum atomic E-state index is 0.338. The Bertz CT molecular complexity index is 591. The zero-order chi connectivity index (χ0) is 14.1. The molecule has 20 heavy (non-hydrogen) atoms. The van der Waals surface area contributed by atoms with Crippen LogP contribution in [0.25, 0.3) is 0 Å². The molecule has 1 heterocycles. The number of hydrogen-bond acceptors (Lipinski definition) is 2. The van der Waals surface area contributed by atoms with Crippen LogP contribution in [0, 0.1) is 0 Å². The van der Waals surface area contributed by atoms with Gasteiger partial charge in [-0.1, -0.05) is 35.9 Å². The van der Waals surface area contributed by atoms with E-state index in [4.69, 9.17) is 11.6 Å². The zero-order valence-electron chi connectivity index (χ0n) is 11.3. The molecular formula is C16H17BrClNS. The van der Waals surface area contributed by atoms with Gasteiger partial charge >= 0.3 is 0 Å². The number of hydrogen-bond donors (Lipinski definition) is 1. The van der Waals surface area contributed by atoms with Crippen LogP contribution in [0.1, 0.15) is 40.8 Å². The fraction of sp³-hybridized carbons (Fsp3) is 0.375. The van der Waals surface area contributed by atoms with E-state index in [1.807, 2.05) is 7.05 Å². The Morgan fingerprint density at radius 1 is 1.40 bits per heavy atom. The van der Waals surface area contributed by atoms with E-state index in [2.05, 4.69) is 51.6 Å². The molecule has 106 valence electrons. The highest BCUT2D eigenvalue weighted by Crippen LogP contribution is 2.44. The number of halogens is 2. The Hall–Kier alpha value is -0.350. The molecule has 0 spiro atoms. The first-order chi connectivity index (χ1) is 9.70. The number of nitrogens with one attached hydrogen (secondary N) is 1. The SMILES string of the molecule is CNC(c1cc(Cl)c(Br)s1)C1CCCc2ccccc21. The Morgan fingerprint density at radius 3 is 2.90 bits per heavy atom. The van der Waals surface area contributed by atoms with Crippen molar-refractivity contribution in [1.29, 1.82) is 0 Å². The fourth-order valence-electron chi connectivity index (χ4n) is 3.20. The quantitative estimate of drug-likeness (QED) is 0.747. The second-order valence-electron chi connectivity index (χ2n) is 5.23. The third-order valence-electron chi connectivity index (χ3n) is 4.10. The standard InChI is InChI=1S/C16H17BrClNS/c1-19-15(14-9-13(18)16(17)20-14)12-8-4-6-10-5-2-3-7-11(10)12/h2-3,5,7,9,12,15,19H,4,6,8H2,1H3. The van der Waals surface area contributed by atoms with Gasteiger partial charge in [0.15, 0.2) is 0 Å². The van der Waals surface area contributed by atoms with E-state index < -0.39 is 0 Å². The summed E-state index contributed by atoms with van der Waals surface area (Å²) in [5.74, 6) is 0.534. The molecule has 0 bridgehead atoms. The molecule has 0 fully saturated rings. The van der Waals surface area contributed by atoms with Crippen LogP contribution in [-0.2, 0) is 6.42 Å². The largest absolute Gasteiger partial charge is 0.312 e. The van der Waals surface area contributed by atoms with Crippen LogP contribution >= 0.6 is 38.9 Å². The number of aryl methyl sites for hydroxylation is 1. The molecule has 1 N–H and O–H groups in total. The molecule has 4 heteroatoms. The lowest BCUT2D eigenvalue weighted by Crippen LogP contribution is -2.26. The van der Waals surface area contributed by atoms with Crippen LogP contribution < -0.4 is 5.32 Å². The molecule has 2 atom stereocenters. The highest BCUT2D eigenvalue weighted by molar-refractivity contribution is 9.11. The highest BCUT2D eigenvalue weighted by atomic mass is 79.9. The maximum absolute atomic E-state index is 6.21. The summed E-state index contributed by atoms with van der Waals surface area (Å²) in [6, 6.07) is 11.3. The maximum Gasteiger partial charge on any atom is 0.0888 e. The van der Waals surface area contributed by atoms with Gasteiger partial charge in [-0.3, -0.25) is 0 Å². The molecule has 0 aliphatic heterocycles. The first-order valence-electron chi connectivity index (χ1n) is 6.90. The molecule has 0 radical (unpaired) electrons. The Balaban J connectivity index is 1.98. The average molecular weight is 371 g/mol. The van der Waals surface area contributed by atoms with Crippen LogP contribution in [0.5, 0.6) is 0 Å². The van der Waals surface area contributed by atoms with Crippen molar-refractivity contribution in [2.75, 3.05) is 7.05 Å². The number of rotatable bonds is 3. The first kappa shape index (κ1) is 14.6. The van der Waals surface area contributed by atoms with Crippen LogP contribution in [0.15, 0.2) is 34.1 Å². The van der Waals surface area contributed by atoms with Crippen LogP contribution in [0.3, 0.4) is 0 Å². The number of likely N-dealkylation sites (N-methyl/N-ethyl adjacent to an activating group) is 1. The summed E-state index contributed by atoms with van der Waals surface area (Å²) in [6.45, 7) is 0. The molecule has 1 aromatic carbocycles. The summed E-state index contributed by atoms with van der Waals surface area (Å²) in [6.07, 6.45) is 3.70. The van der Waals surface area contributed by atoms with Crippen LogP contribution in [0.4, 0.5) is 0 Å². The minimum Gasteiger partial charge on any atom is -0.312 e. The molecule has 2 aromatic rings. The van der Waals surface area contributed by atoms with Crippen molar-refractivity contribution < 1.29 is 0 Å². The van der Waals surface area contributed by atoms with Crippen molar-refractivity contribution in [2.24, 2.45) is 0 Å². The van der Waals surface area contributed by atoms with Crippen LogP contribution in [0.2, 0.25) is 5.02 Å². The van der Waals surface area contributed by atoms with Crippen molar-refractivity contribution in [3.63, 3.8) is 0 Å². The highest BCUT2D eigenvalue weighted by Gasteiger charge is 2.29. The minimum absolute atomic E-state index is 0.338. The molecule has 0 saturated heterocycles. The lowest BCUT2D eigenvalue weighted by Gasteiger charge is -2.31. The monoisotopic (exact) mass is 369 g/mol. The Labute approximate surface area is 137 Å². The van der Waals surface area contributed by atoms with Gasteiger partial charge in [0.25, 0.3) is 0 Å². The van der Waals surface area contributed by atoms with Gasteiger partial charge in [0.1, 0.15) is 0 Å². The zero-order valence-corrected chi connectivity index (χ0v) is 14.5. The van der Waals surface area contributed by atoms with Gasteiger partial charge in [-0.05, 0) is 59.4 Å². The number of fused-ring (bicyclic) bond motifs is 1. The first-order valence-corrected chi connectivity index (χ1v) is 8.89. The van der Waals surface area contributed by atoms with Gasteiger partial charge in [-0.2, -0.15) is 0 Å². The van der Waals surface area contributed by atoms with Gasteiger partial charge in [-0.15, -0.1) is 11.3 Å². The molecular weight excluding hydrogens is 354 g/mol. The lowest BCUT2D eigenvalue weighted by atomic mass is 9.78.